The first kappa shape index (κ1) is 29.2. The second kappa shape index (κ2) is 11.0. The van der Waals surface area contributed by atoms with Gasteiger partial charge in [-0.3, -0.25) is 23.7 Å². The average Bonchev–Trinajstić information content (AvgIpc) is 3.39. The SMILES string of the molecule is Cc1cccc(NC(=O)Cn2c3c(sc2=O)C(c2ccc(Cl)cc2)C2C(=O)N(c4ccccc4C(F)(F)F)C(=O)C2S3)c1. The van der Waals surface area contributed by atoms with Crippen LogP contribution in [0.15, 0.2) is 82.6 Å². The van der Waals surface area contributed by atoms with E-state index in [0.29, 0.717) is 31.1 Å². The van der Waals surface area contributed by atoms with Gasteiger partial charge in [0.05, 0.1) is 22.2 Å². The maximum Gasteiger partial charge on any atom is 0.418 e. The predicted octanol–water partition coefficient (Wildman–Crippen LogP) is 6.32. The van der Waals surface area contributed by atoms with Crippen molar-refractivity contribution in [1.82, 2.24) is 4.57 Å². The first-order valence-electron chi connectivity index (χ1n) is 13.0. The molecule has 43 heavy (non-hydrogen) atoms. The number of nitrogens with one attached hydrogen (secondary N) is 1. The van der Waals surface area contributed by atoms with Gasteiger partial charge in [0.25, 0.3) is 0 Å². The number of carbonyl (C=O) groups excluding carboxylic acids is 3. The van der Waals surface area contributed by atoms with Gasteiger partial charge in [0, 0.05) is 21.5 Å². The second-order valence-corrected chi connectivity index (χ2v) is 12.7. The lowest BCUT2D eigenvalue weighted by Gasteiger charge is -2.30. The zero-order valence-corrected chi connectivity index (χ0v) is 24.6. The number of imide groups is 1. The number of anilines is 2. The second-order valence-electron chi connectivity index (χ2n) is 10.2. The number of fused-ring (bicyclic) bond motifs is 2. The van der Waals surface area contributed by atoms with Crippen molar-refractivity contribution in [2.24, 2.45) is 5.92 Å². The minimum atomic E-state index is -4.81. The Morgan fingerprint density at radius 1 is 0.977 bits per heavy atom. The number of thioether (sulfide) groups is 1. The summed E-state index contributed by atoms with van der Waals surface area (Å²) in [5.74, 6) is -4.03. The van der Waals surface area contributed by atoms with E-state index in [1.165, 1.54) is 16.7 Å². The Labute approximate surface area is 256 Å². The number of thiazole rings is 1. The van der Waals surface area contributed by atoms with E-state index < -0.39 is 57.1 Å². The third kappa shape index (κ3) is 5.28. The molecule has 0 aliphatic carbocycles. The summed E-state index contributed by atoms with van der Waals surface area (Å²) < 4.78 is 43.0. The van der Waals surface area contributed by atoms with Crippen LogP contribution >= 0.6 is 34.7 Å². The molecule has 2 aliphatic heterocycles. The number of aryl methyl sites for hydroxylation is 1. The minimum Gasteiger partial charge on any atom is -0.325 e. The number of para-hydroxylation sites is 1. The van der Waals surface area contributed by atoms with Crippen molar-refractivity contribution in [3.05, 3.63) is 109 Å². The molecule has 4 aromatic rings. The lowest BCUT2D eigenvalue weighted by molar-refractivity contribution is -0.137. The van der Waals surface area contributed by atoms with Gasteiger partial charge in [-0.2, -0.15) is 13.2 Å². The molecule has 3 amide bonds. The van der Waals surface area contributed by atoms with Gasteiger partial charge in [0.2, 0.25) is 17.7 Å². The monoisotopic (exact) mass is 643 g/mol. The molecule has 0 spiro atoms. The van der Waals surface area contributed by atoms with E-state index in [0.717, 1.165) is 40.8 Å². The van der Waals surface area contributed by atoms with Gasteiger partial charge in [-0.1, -0.05) is 71.1 Å². The Hall–Kier alpha value is -3.87. The van der Waals surface area contributed by atoms with Gasteiger partial charge in [0.15, 0.2) is 0 Å². The van der Waals surface area contributed by atoms with Gasteiger partial charge in [-0.25, -0.2) is 4.90 Å². The molecule has 0 radical (unpaired) electrons. The Kier molecular flexibility index (Phi) is 7.47. The molecule has 3 heterocycles. The van der Waals surface area contributed by atoms with Crippen LogP contribution in [-0.4, -0.2) is 27.5 Å². The molecule has 220 valence electrons. The van der Waals surface area contributed by atoms with Crippen molar-refractivity contribution in [3.63, 3.8) is 0 Å². The predicted molar refractivity (Wildman–Crippen MR) is 159 cm³/mol. The van der Waals surface area contributed by atoms with Crippen LogP contribution in [0.5, 0.6) is 0 Å². The number of aromatic nitrogens is 1. The topological polar surface area (TPSA) is 88.5 Å². The lowest BCUT2D eigenvalue weighted by Crippen LogP contribution is -2.33. The fraction of sp³-hybridized carbons (Fsp3) is 0.200. The molecule has 3 unspecified atom stereocenters. The smallest absolute Gasteiger partial charge is 0.325 e. The van der Waals surface area contributed by atoms with Crippen molar-refractivity contribution >= 4 is 63.8 Å². The molecule has 13 heteroatoms. The Morgan fingerprint density at radius 2 is 1.70 bits per heavy atom. The molecule has 1 fully saturated rings. The summed E-state index contributed by atoms with van der Waals surface area (Å²) in [5.41, 5.74) is 0.377. The highest BCUT2D eigenvalue weighted by molar-refractivity contribution is 8.00. The molecule has 0 saturated carbocycles. The highest BCUT2D eigenvalue weighted by atomic mass is 35.5. The van der Waals surface area contributed by atoms with Crippen LogP contribution in [0, 0.1) is 12.8 Å². The van der Waals surface area contributed by atoms with E-state index in [-0.39, 0.29) is 6.54 Å². The largest absolute Gasteiger partial charge is 0.418 e. The number of nitrogens with zero attached hydrogens (tertiary/aromatic N) is 2. The number of rotatable bonds is 5. The highest BCUT2D eigenvalue weighted by Gasteiger charge is 2.57. The Bertz CT molecular complexity index is 1840. The van der Waals surface area contributed by atoms with E-state index in [1.54, 1.807) is 42.5 Å². The molecular weight excluding hydrogens is 623 g/mol. The van der Waals surface area contributed by atoms with Crippen LogP contribution in [0.1, 0.15) is 27.5 Å². The van der Waals surface area contributed by atoms with E-state index in [9.17, 15) is 32.3 Å². The average molecular weight is 644 g/mol. The molecule has 6 rings (SSSR count). The molecule has 7 nitrogen and oxygen atoms in total. The van der Waals surface area contributed by atoms with Crippen LogP contribution in [-0.2, 0) is 27.1 Å². The summed E-state index contributed by atoms with van der Waals surface area (Å²) >= 11 is 7.87. The summed E-state index contributed by atoms with van der Waals surface area (Å²) in [7, 11) is 0. The van der Waals surface area contributed by atoms with Crippen LogP contribution in [0.2, 0.25) is 5.02 Å². The summed E-state index contributed by atoms with van der Waals surface area (Å²) in [4.78, 5) is 54.6. The fourth-order valence-corrected chi connectivity index (χ4v) is 8.40. The number of hydrogen-bond donors (Lipinski definition) is 1. The Balaban J connectivity index is 1.43. The molecular formula is C30H21ClF3N3O4S2. The third-order valence-corrected chi connectivity index (χ3v) is 10.2. The molecule has 3 aromatic carbocycles. The summed E-state index contributed by atoms with van der Waals surface area (Å²) in [6, 6.07) is 18.1. The van der Waals surface area contributed by atoms with E-state index in [4.69, 9.17) is 11.6 Å². The standard InChI is InChI=1S/C30H21ClF3N3O4S2/c1-15-5-4-6-18(13-15)35-21(38)14-36-28-25(43-29(36)41)22(16-9-11-17(31)12-10-16)23-24(42-28)27(40)37(26(23)39)20-8-3-2-7-19(20)30(32,33)34/h2-13,22-24H,14H2,1H3,(H,35,38). The fourth-order valence-electron chi connectivity index (χ4n) is 5.50. The minimum absolute atomic E-state index is 0.322. The van der Waals surface area contributed by atoms with Crippen molar-refractivity contribution in [2.75, 3.05) is 10.2 Å². The first-order valence-corrected chi connectivity index (χ1v) is 15.1. The summed E-state index contributed by atoms with van der Waals surface area (Å²) in [6.07, 6.45) is -4.81. The number of alkyl halides is 3. The van der Waals surface area contributed by atoms with Crippen molar-refractivity contribution in [3.8, 4) is 0 Å². The van der Waals surface area contributed by atoms with Crippen LogP contribution in [0.3, 0.4) is 0 Å². The van der Waals surface area contributed by atoms with E-state index >= 15 is 0 Å². The van der Waals surface area contributed by atoms with Gasteiger partial charge in [-0.05, 0) is 54.4 Å². The van der Waals surface area contributed by atoms with Gasteiger partial charge >= 0.3 is 11.0 Å². The maximum absolute atomic E-state index is 13.9. The van der Waals surface area contributed by atoms with Gasteiger partial charge in [-0.15, -0.1) is 0 Å². The Morgan fingerprint density at radius 3 is 2.40 bits per heavy atom. The molecule has 1 saturated heterocycles. The van der Waals surface area contributed by atoms with Crippen molar-refractivity contribution < 1.29 is 27.6 Å². The molecule has 1 aromatic heterocycles. The van der Waals surface area contributed by atoms with Gasteiger partial charge in [0.1, 0.15) is 11.8 Å². The van der Waals surface area contributed by atoms with Gasteiger partial charge < -0.3 is 5.32 Å². The molecule has 0 bridgehead atoms. The normalized spacial score (nSPS) is 19.7. The molecule has 1 N–H and O–H groups in total. The van der Waals surface area contributed by atoms with Crippen molar-refractivity contribution in [1.29, 1.82) is 0 Å². The van der Waals surface area contributed by atoms with E-state index in [1.807, 2.05) is 13.0 Å². The lowest BCUT2D eigenvalue weighted by atomic mass is 9.83. The number of hydrogen-bond acceptors (Lipinski definition) is 6. The van der Waals surface area contributed by atoms with Crippen LogP contribution < -0.4 is 15.1 Å². The number of benzene rings is 3. The third-order valence-electron chi connectivity index (χ3n) is 7.33. The zero-order valence-electron chi connectivity index (χ0n) is 22.2. The summed E-state index contributed by atoms with van der Waals surface area (Å²) in [6.45, 7) is 1.51. The highest BCUT2D eigenvalue weighted by Crippen LogP contribution is 2.54. The number of amides is 3. The zero-order chi connectivity index (χ0) is 30.6. The number of carbonyl (C=O) groups is 3. The quantitative estimate of drug-likeness (QED) is 0.257. The summed E-state index contributed by atoms with van der Waals surface area (Å²) in [5, 5.41) is 2.36. The van der Waals surface area contributed by atoms with Crippen LogP contribution in [0.25, 0.3) is 0 Å². The first-order chi connectivity index (χ1) is 20.4. The number of halogens is 4. The van der Waals surface area contributed by atoms with Crippen LogP contribution in [0.4, 0.5) is 24.5 Å². The maximum atomic E-state index is 13.9. The van der Waals surface area contributed by atoms with Crippen molar-refractivity contribution in [2.45, 2.75) is 35.8 Å². The molecule has 3 atom stereocenters. The van der Waals surface area contributed by atoms with E-state index in [2.05, 4.69) is 5.32 Å². The molecule has 2 aliphatic rings.